The van der Waals surface area contributed by atoms with E-state index in [4.69, 9.17) is 18.0 Å². The van der Waals surface area contributed by atoms with E-state index in [1.54, 1.807) is 0 Å². The lowest BCUT2D eigenvalue weighted by molar-refractivity contribution is 0.270. The molecule has 1 fully saturated rings. The van der Waals surface area contributed by atoms with Gasteiger partial charge in [-0.05, 0) is 44.1 Å². The van der Waals surface area contributed by atoms with Crippen molar-refractivity contribution in [1.82, 2.24) is 4.90 Å². The molecule has 1 atom stereocenters. The molecule has 2 rings (SSSR count). The molecule has 1 aromatic rings. The van der Waals surface area contributed by atoms with Gasteiger partial charge < -0.3 is 10.6 Å². The van der Waals surface area contributed by atoms with Crippen molar-refractivity contribution in [1.29, 1.82) is 0 Å². The number of nitrogens with zero attached hydrogens (tertiary/aromatic N) is 2. The normalized spacial score (nSPS) is 19.2. The Bertz CT molecular complexity index is 492. The second-order valence-corrected chi connectivity index (χ2v) is 6.69. The molecular formula is C15H22BrN3S. The Balaban J connectivity index is 2.18. The van der Waals surface area contributed by atoms with Gasteiger partial charge in [0.1, 0.15) is 4.99 Å². The monoisotopic (exact) mass is 355 g/mol. The zero-order valence-electron chi connectivity index (χ0n) is 12.1. The molecule has 1 saturated heterocycles. The van der Waals surface area contributed by atoms with E-state index >= 15 is 0 Å². The Hall–Kier alpha value is -0.650. The average molecular weight is 356 g/mol. The lowest BCUT2D eigenvalue weighted by Crippen LogP contribution is -2.39. The van der Waals surface area contributed by atoms with Gasteiger partial charge in [0.05, 0.1) is 0 Å². The molecule has 0 amide bonds. The van der Waals surface area contributed by atoms with Gasteiger partial charge in [0.2, 0.25) is 0 Å². The van der Waals surface area contributed by atoms with Gasteiger partial charge in [-0.25, -0.2) is 0 Å². The van der Waals surface area contributed by atoms with Crippen LogP contribution in [0.15, 0.2) is 22.7 Å². The van der Waals surface area contributed by atoms with Crippen molar-refractivity contribution in [3.8, 4) is 0 Å². The van der Waals surface area contributed by atoms with Crippen LogP contribution in [0.25, 0.3) is 0 Å². The van der Waals surface area contributed by atoms with Gasteiger partial charge in [-0.2, -0.15) is 0 Å². The summed E-state index contributed by atoms with van der Waals surface area (Å²) >= 11 is 8.70. The molecule has 1 aliphatic rings. The second kappa shape index (κ2) is 6.87. The predicted molar refractivity (Wildman–Crippen MR) is 93.6 cm³/mol. The first-order valence-corrected chi connectivity index (χ1v) is 8.27. The number of thiocarbonyl (C=S) groups is 1. The summed E-state index contributed by atoms with van der Waals surface area (Å²) in [6.07, 6.45) is 2.57. The van der Waals surface area contributed by atoms with Crippen molar-refractivity contribution < 1.29 is 0 Å². The summed E-state index contributed by atoms with van der Waals surface area (Å²) in [6.45, 7) is 5.59. The van der Waals surface area contributed by atoms with Crippen molar-refractivity contribution in [3.63, 3.8) is 0 Å². The number of halogens is 1. The van der Waals surface area contributed by atoms with Crippen molar-refractivity contribution in [2.75, 3.05) is 31.6 Å². The van der Waals surface area contributed by atoms with Gasteiger partial charge in [-0.3, -0.25) is 4.90 Å². The summed E-state index contributed by atoms with van der Waals surface area (Å²) in [6, 6.07) is 6.70. The van der Waals surface area contributed by atoms with Crippen molar-refractivity contribution in [2.24, 2.45) is 5.73 Å². The Morgan fingerprint density at radius 2 is 2.30 bits per heavy atom. The Labute approximate surface area is 135 Å². The smallest absolute Gasteiger partial charge is 0.106 e. The molecule has 0 saturated carbocycles. The maximum absolute atomic E-state index is 5.84. The minimum atomic E-state index is 0.457. The summed E-state index contributed by atoms with van der Waals surface area (Å²) in [5.74, 6) is 0. The Morgan fingerprint density at radius 1 is 1.55 bits per heavy atom. The van der Waals surface area contributed by atoms with Crippen molar-refractivity contribution in [2.45, 2.75) is 25.8 Å². The van der Waals surface area contributed by atoms with E-state index in [0.717, 1.165) is 28.8 Å². The van der Waals surface area contributed by atoms with Crippen LogP contribution in [-0.2, 0) is 0 Å². The van der Waals surface area contributed by atoms with E-state index in [2.05, 4.69) is 45.8 Å². The summed E-state index contributed by atoms with van der Waals surface area (Å²) in [4.78, 5) is 5.28. The number of likely N-dealkylation sites (N-methyl/N-ethyl adjacent to an activating group) is 2. The highest BCUT2D eigenvalue weighted by Crippen LogP contribution is 2.26. The van der Waals surface area contributed by atoms with Crippen LogP contribution in [0.2, 0.25) is 0 Å². The summed E-state index contributed by atoms with van der Waals surface area (Å²) in [5, 5.41) is 0. The molecule has 2 N–H and O–H groups in total. The third-order valence-corrected chi connectivity index (χ3v) is 4.74. The van der Waals surface area contributed by atoms with E-state index < -0.39 is 0 Å². The van der Waals surface area contributed by atoms with Crippen LogP contribution in [0.5, 0.6) is 0 Å². The molecule has 110 valence electrons. The number of rotatable bonds is 5. The number of anilines is 1. The fourth-order valence-corrected chi connectivity index (χ4v) is 3.48. The molecule has 5 heteroatoms. The van der Waals surface area contributed by atoms with Crippen LogP contribution >= 0.6 is 28.1 Å². The Kier molecular flexibility index (Phi) is 5.41. The van der Waals surface area contributed by atoms with Gasteiger partial charge in [-0.15, -0.1) is 0 Å². The third-order valence-electron chi connectivity index (χ3n) is 4.03. The summed E-state index contributed by atoms with van der Waals surface area (Å²) in [7, 11) is 2.12. The van der Waals surface area contributed by atoms with Crippen LogP contribution in [0.4, 0.5) is 5.69 Å². The summed E-state index contributed by atoms with van der Waals surface area (Å²) in [5.41, 5.74) is 7.90. The van der Waals surface area contributed by atoms with Crippen LogP contribution < -0.4 is 10.6 Å². The van der Waals surface area contributed by atoms with E-state index in [1.807, 2.05) is 12.1 Å². The topological polar surface area (TPSA) is 32.5 Å². The maximum atomic E-state index is 5.84. The maximum Gasteiger partial charge on any atom is 0.106 e. The molecule has 3 nitrogen and oxygen atoms in total. The minimum Gasteiger partial charge on any atom is -0.389 e. The largest absolute Gasteiger partial charge is 0.389 e. The quantitative estimate of drug-likeness (QED) is 0.823. The van der Waals surface area contributed by atoms with E-state index in [0.29, 0.717) is 11.0 Å². The van der Waals surface area contributed by atoms with E-state index in [-0.39, 0.29) is 0 Å². The molecule has 1 aromatic carbocycles. The highest BCUT2D eigenvalue weighted by Gasteiger charge is 2.24. The first kappa shape index (κ1) is 15.7. The lowest BCUT2D eigenvalue weighted by Gasteiger charge is -2.30. The molecule has 0 spiro atoms. The number of hydrogen-bond donors (Lipinski definition) is 1. The molecule has 1 aliphatic heterocycles. The van der Waals surface area contributed by atoms with Gasteiger partial charge in [0.25, 0.3) is 0 Å². The molecule has 20 heavy (non-hydrogen) atoms. The minimum absolute atomic E-state index is 0.457. The average Bonchev–Trinajstić information content (AvgIpc) is 2.85. The molecule has 0 radical (unpaired) electrons. The first-order valence-electron chi connectivity index (χ1n) is 7.07. The standard InChI is InChI=1S/C15H22BrN3S/c1-3-19-8-4-5-12(19)10-18(2)14-9-11(16)6-7-13(14)15(17)20/h6-7,9,12H,3-5,8,10H2,1-2H3,(H2,17,20). The number of nitrogens with two attached hydrogens (primary N) is 1. The highest BCUT2D eigenvalue weighted by atomic mass is 79.9. The number of likely N-dealkylation sites (tertiary alicyclic amines) is 1. The van der Waals surface area contributed by atoms with Crippen LogP contribution in [-0.4, -0.2) is 42.6 Å². The van der Waals surface area contributed by atoms with Gasteiger partial charge >= 0.3 is 0 Å². The van der Waals surface area contributed by atoms with Crippen molar-refractivity contribution >= 4 is 38.8 Å². The first-order chi connectivity index (χ1) is 9.52. The molecule has 0 aliphatic carbocycles. The fraction of sp³-hybridized carbons (Fsp3) is 0.533. The van der Waals surface area contributed by atoms with Gasteiger partial charge in [0.15, 0.2) is 0 Å². The highest BCUT2D eigenvalue weighted by molar-refractivity contribution is 9.10. The van der Waals surface area contributed by atoms with E-state index in [1.165, 1.54) is 19.4 Å². The van der Waals surface area contributed by atoms with Gasteiger partial charge in [-0.1, -0.05) is 35.1 Å². The Morgan fingerprint density at radius 3 is 2.95 bits per heavy atom. The zero-order valence-corrected chi connectivity index (χ0v) is 14.5. The SMILES string of the molecule is CCN1CCCC1CN(C)c1cc(Br)ccc1C(N)=S. The molecule has 0 bridgehead atoms. The number of benzene rings is 1. The zero-order chi connectivity index (χ0) is 14.7. The van der Waals surface area contributed by atoms with Crippen LogP contribution in [0.3, 0.4) is 0 Å². The molecule has 0 aromatic heterocycles. The van der Waals surface area contributed by atoms with Gasteiger partial charge in [0, 0.05) is 35.4 Å². The number of hydrogen-bond acceptors (Lipinski definition) is 3. The van der Waals surface area contributed by atoms with E-state index in [9.17, 15) is 0 Å². The second-order valence-electron chi connectivity index (χ2n) is 5.33. The lowest BCUT2D eigenvalue weighted by atomic mass is 10.1. The molecule has 1 heterocycles. The van der Waals surface area contributed by atoms with Crippen LogP contribution in [0.1, 0.15) is 25.3 Å². The molecular weight excluding hydrogens is 334 g/mol. The van der Waals surface area contributed by atoms with Crippen LogP contribution in [0, 0.1) is 0 Å². The van der Waals surface area contributed by atoms with Crippen molar-refractivity contribution in [3.05, 3.63) is 28.2 Å². The fourth-order valence-electron chi connectivity index (χ4n) is 2.96. The molecule has 1 unspecified atom stereocenters. The third kappa shape index (κ3) is 3.51. The predicted octanol–water partition coefficient (Wildman–Crippen LogP) is 3.00. The summed E-state index contributed by atoms with van der Waals surface area (Å²) < 4.78 is 1.05.